The van der Waals surface area contributed by atoms with Crippen molar-refractivity contribution in [1.82, 2.24) is 4.31 Å². The third kappa shape index (κ3) is 2.80. The van der Waals surface area contributed by atoms with Crippen molar-refractivity contribution in [3.05, 3.63) is 28.2 Å². The number of aliphatic hydroxyl groups excluding tert-OH is 1. The number of nitrogens with zero attached hydrogens (tertiary/aromatic N) is 1. The number of hydrogen-bond acceptors (Lipinski definition) is 3. The number of fused-ring (bicyclic) bond motifs is 1. The second-order valence-electron chi connectivity index (χ2n) is 4.96. The van der Waals surface area contributed by atoms with Crippen LogP contribution in [0.5, 0.6) is 0 Å². The van der Waals surface area contributed by atoms with Gasteiger partial charge in [0.05, 0.1) is 0 Å². The molecular weight excluding hydrogens is 286 g/mol. The molecule has 4 heteroatoms. The lowest BCUT2D eigenvalue weighted by molar-refractivity contribution is 0.137. The van der Waals surface area contributed by atoms with E-state index >= 15 is 0 Å². The van der Waals surface area contributed by atoms with Crippen molar-refractivity contribution in [3.63, 3.8) is 0 Å². The minimum absolute atomic E-state index is 0.0354. The number of benzene rings is 1. The molecule has 0 atom stereocenters. The van der Waals surface area contributed by atoms with Gasteiger partial charge < -0.3 is 5.11 Å². The summed E-state index contributed by atoms with van der Waals surface area (Å²) < 4.78 is 3.45. The molecule has 2 rings (SSSR count). The highest BCUT2D eigenvalue weighted by molar-refractivity contribution is 9.10. The van der Waals surface area contributed by atoms with Crippen molar-refractivity contribution in [2.24, 2.45) is 5.41 Å². The Labute approximate surface area is 109 Å². The Morgan fingerprint density at radius 3 is 2.94 bits per heavy atom. The van der Waals surface area contributed by atoms with Crippen LogP contribution in [0.4, 0.5) is 0 Å². The topological polar surface area (TPSA) is 23.5 Å². The Balaban J connectivity index is 2.06. The molecule has 1 aliphatic rings. The van der Waals surface area contributed by atoms with Crippen LogP contribution in [-0.4, -0.2) is 22.6 Å². The van der Waals surface area contributed by atoms with Crippen molar-refractivity contribution >= 4 is 27.9 Å². The zero-order chi connectivity index (χ0) is 11.8. The van der Waals surface area contributed by atoms with Gasteiger partial charge in [0.25, 0.3) is 0 Å². The highest BCUT2D eigenvalue weighted by Crippen LogP contribution is 2.38. The van der Waals surface area contributed by atoms with Crippen molar-refractivity contribution in [2.45, 2.75) is 25.3 Å². The summed E-state index contributed by atoms with van der Waals surface area (Å²) in [6.45, 7) is 6.27. The minimum atomic E-state index is -0.0354. The number of halogens is 1. The van der Waals surface area contributed by atoms with Crippen LogP contribution in [0.1, 0.15) is 19.4 Å². The first-order chi connectivity index (χ1) is 7.50. The third-order valence-electron chi connectivity index (χ3n) is 2.63. The van der Waals surface area contributed by atoms with Gasteiger partial charge in [-0.2, -0.15) is 0 Å². The Morgan fingerprint density at radius 1 is 1.50 bits per heavy atom. The number of rotatable bonds is 3. The standard InChI is InChI=1S/C12H16BrNOS/c1-12(2,8-15)7-14-6-9-5-10(13)3-4-11(9)16-14/h3-5,15H,6-8H2,1-2H3. The monoisotopic (exact) mass is 301 g/mol. The maximum absolute atomic E-state index is 9.27. The van der Waals surface area contributed by atoms with Gasteiger partial charge in [-0.3, -0.25) is 0 Å². The van der Waals surface area contributed by atoms with E-state index in [-0.39, 0.29) is 12.0 Å². The van der Waals surface area contributed by atoms with E-state index in [1.54, 1.807) is 11.9 Å². The van der Waals surface area contributed by atoms with Gasteiger partial charge in [0.2, 0.25) is 0 Å². The van der Waals surface area contributed by atoms with Gasteiger partial charge in [-0.15, -0.1) is 0 Å². The van der Waals surface area contributed by atoms with Crippen LogP contribution in [0.3, 0.4) is 0 Å². The van der Waals surface area contributed by atoms with Crippen molar-refractivity contribution in [3.8, 4) is 0 Å². The van der Waals surface area contributed by atoms with Crippen LogP contribution in [0, 0.1) is 5.41 Å². The zero-order valence-electron chi connectivity index (χ0n) is 9.53. The minimum Gasteiger partial charge on any atom is -0.396 e. The van der Waals surface area contributed by atoms with Gasteiger partial charge in [0.1, 0.15) is 0 Å². The van der Waals surface area contributed by atoms with E-state index < -0.39 is 0 Å². The molecule has 0 saturated carbocycles. The van der Waals surface area contributed by atoms with Crippen LogP contribution in [0.15, 0.2) is 27.6 Å². The van der Waals surface area contributed by atoms with Gasteiger partial charge in [-0.25, -0.2) is 4.31 Å². The molecule has 1 aliphatic heterocycles. The summed E-state index contributed by atoms with van der Waals surface area (Å²) in [7, 11) is 0. The van der Waals surface area contributed by atoms with Crippen LogP contribution < -0.4 is 0 Å². The molecule has 0 saturated heterocycles. The molecule has 0 spiro atoms. The fourth-order valence-electron chi connectivity index (χ4n) is 1.74. The lowest BCUT2D eigenvalue weighted by Gasteiger charge is -2.26. The maximum Gasteiger partial charge on any atom is 0.0494 e. The van der Waals surface area contributed by atoms with Crippen LogP contribution >= 0.6 is 27.9 Å². The van der Waals surface area contributed by atoms with Crippen molar-refractivity contribution in [2.75, 3.05) is 13.2 Å². The summed E-state index contributed by atoms with van der Waals surface area (Å²) in [5.74, 6) is 0. The molecule has 0 fully saturated rings. The summed E-state index contributed by atoms with van der Waals surface area (Å²) in [5, 5.41) is 9.27. The first-order valence-corrected chi connectivity index (χ1v) is 6.89. The average Bonchev–Trinajstić information content (AvgIpc) is 2.58. The Hall–Kier alpha value is -0.0300. The summed E-state index contributed by atoms with van der Waals surface area (Å²) in [4.78, 5) is 1.33. The van der Waals surface area contributed by atoms with Crippen LogP contribution in [-0.2, 0) is 6.54 Å². The lowest BCUT2D eigenvalue weighted by atomic mass is 9.95. The summed E-state index contributed by atoms with van der Waals surface area (Å²) in [6, 6.07) is 6.40. The summed E-state index contributed by atoms with van der Waals surface area (Å²) >= 11 is 5.28. The second kappa shape index (κ2) is 4.69. The first-order valence-electron chi connectivity index (χ1n) is 5.32. The van der Waals surface area contributed by atoms with Crippen LogP contribution in [0.25, 0.3) is 0 Å². The van der Waals surface area contributed by atoms with E-state index in [0.29, 0.717) is 0 Å². The molecule has 88 valence electrons. The maximum atomic E-state index is 9.27. The molecule has 1 N–H and O–H groups in total. The average molecular weight is 302 g/mol. The largest absolute Gasteiger partial charge is 0.396 e. The Kier molecular flexibility index (Phi) is 3.64. The third-order valence-corrected chi connectivity index (χ3v) is 4.23. The molecule has 16 heavy (non-hydrogen) atoms. The predicted octanol–water partition coefficient (Wildman–Crippen LogP) is 3.29. The fraction of sp³-hybridized carbons (Fsp3) is 0.500. The molecule has 0 unspecified atom stereocenters. The summed E-state index contributed by atoms with van der Waals surface area (Å²) in [5.41, 5.74) is 1.33. The molecule has 1 heterocycles. The smallest absolute Gasteiger partial charge is 0.0494 e. The van der Waals surface area contributed by atoms with E-state index in [2.05, 4.69) is 52.3 Å². The van der Waals surface area contributed by atoms with Gasteiger partial charge in [-0.1, -0.05) is 29.8 Å². The molecule has 0 amide bonds. The molecular formula is C12H16BrNOS. The highest BCUT2D eigenvalue weighted by atomic mass is 79.9. The zero-order valence-corrected chi connectivity index (χ0v) is 11.9. The molecule has 1 aromatic rings. The molecule has 0 aromatic heterocycles. The normalized spacial score (nSPS) is 16.5. The van der Waals surface area contributed by atoms with Gasteiger partial charge >= 0.3 is 0 Å². The first kappa shape index (κ1) is 12.4. The van der Waals surface area contributed by atoms with Gasteiger partial charge in [-0.05, 0) is 35.7 Å². The van der Waals surface area contributed by atoms with Crippen molar-refractivity contribution in [1.29, 1.82) is 0 Å². The van der Waals surface area contributed by atoms with E-state index in [9.17, 15) is 5.11 Å². The van der Waals surface area contributed by atoms with E-state index in [1.807, 2.05) is 0 Å². The van der Waals surface area contributed by atoms with Crippen LogP contribution in [0.2, 0.25) is 0 Å². The van der Waals surface area contributed by atoms with Gasteiger partial charge in [0, 0.05) is 34.5 Å². The number of aliphatic hydroxyl groups is 1. The second-order valence-corrected chi connectivity index (χ2v) is 7.02. The lowest BCUT2D eigenvalue weighted by Crippen LogP contribution is -2.30. The van der Waals surface area contributed by atoms with Crippen molar-refractivity contribution < 1.29 is 5.11 Å². The highest BCUT2D eigenvalue weighted by Gasteiger charge is 2.26. The fourth-order valence-corrected chi connectivity index (χ4v) is 3.41. The Morgan fingerprint density at radius 2 is 2.25 bits per heavy atom. The SMILES string of the molecule is CC(C)(CO)CN1Cc2cc(Br)ccc2S1. The molecule has 0 aliphatic carbocycles. The quantitative estimate of drug-likeness (QED) is 0.867. The van der Waals surface area contributed by atoms with E-state index in [1.165, 1.54) is 10.5 Å². The van der Waals surface area contributed by atoms with Gasteiger partial charge in [0.15, 0.2) is 0 Å². The molecule has 2 nitrogen and oxygen atoms in total. The molecule has 1 aromatic carbocycles. The Bertz CT molecular complexity index is 395. The van der Waals surface area contributed by atoms with E-state index in [0.717, 1.165) is 17.6 Å². The number of hydrogen-bond donors (Lipinski definition) is 1. The molecule has 0 bridgehead atoms. The molecule has 0 radical (unpaired) electrons. The van der Waals surface area contributed by atoms with E-state index in [4.69, 9.17) is 0 Å². The summed E-state index contributed by atoms with van der Waals surface area (Å²) in [6.07, 6.45) is 0. The predicted molar refractivity (Wildman–Crippen MR) is 71.3 cm³/mol.